The Bertz CT molecular complexity index is 407. The Morgan fingerprint density at radius 3 is 2.56 bits per heavy atom. The highest BCUT2D eigenvalue weighted by molar-refractivity contribution is 5.78. The summed E-state index contributed by atoms with van der Waals surface area (Å²) in [4.78, 5) is 11.5. The third-order valence-corrected chi connectivity index (χ3v) is 3.11. The van der Waals surface area contributed by atoms with Crippen molar-refractivity contribution in [3.05, 3.63) is 47.7 Å². The molecule has 98 valence electrons. The van der Waals surface area contributed by atoms with E-state index in [2.05, 4.69) is 31.7 Å². The highest BCUT2D eigenvalue weighted by Crippen LogP contribution is 2.12. The van der Waals surface area contributed by atoms with Crippen LogP contribution in [-0.4, -0.2) is 10.9 Å². The van der Waals surface area contributed by atoms with Gasteiger partial charge in [-0.15, -0.1) is 0 Å². The van der Waals surface area contributed by atoms with Crippen molar-refractivity contribution < 1.29 is 9.90 Å². The van der Waals surface area contributed by atoms with Gasteiger partial charge in [-0.25, -0.2) is 0 Å². The van der Waals surface area contributed by atoms with E-state index in [9.17, 15) is 4.79 Å². The van der Waals surface area contributed by atoms with Crippen LogP contribution in [0.15, 0.2) is 36.6 Å². The van der Waals surface area contributed by atoms with Crippen LogP contribution in [0.2, 0.25) is 0 Å². The molecule has 0 amide bonds. The zero-order chi connectivity index (χ0) is 13.4. The SMILES string of the molecule is C=C(O)CCC(=O)CCCCc1ccccc1C. The first kappa shape index (κ1) is 14.5. The number of ketones is 1. The zero-order valence-electron chi connectivity index (χ0n) is 11.1. The fourth-order valence-corrected chi connectivity index (χ4v) is 1.94. The molecule has 0 heterocycles. The van der Waals surface area contributed by atoms with Gasteiger partial charge in [-0.05, 0) is 37.3 Å². The molecule has 0 spiro atoms. The predicted molar refractivity (Wildman–Crippen MR) is 74.7 cm³/mol. The van der Waals surface area contributed by atoms with Gasteiger partial charge >= 0.3 is 0 Å². The second-order valence-electron chi connectivity index (χ2n) is 4.74. The van der Waals surface area contributed by atoms with Crippen LogP contribution in [0.5, 0.6) is 0 Å². The van der Waals surface area contributed by atoms with Crippen molar-refractivity contribution in [3.63, 3.8) is 0 Å². The third-order valence-electron chi connectivity index (χ3n) is 3.11. The number of benzene rings is 1. The van der Waals surface area contributed by atoms with Crippen LogP contribution in [0.25, 0.3) is 0 Å². The first-order valence-electron chi connectivity index (χ1n) is 6.52. The quantitative estimate of drug-likeness (QED) is 0.553. The minimum atomic E-state index is 0.100. The Labute approximate surface area is 109 Å². The van der Waals surface area contributed by atoms with Crippen molar-refractivity contribution in [1.29, 1.82) is 0 Å². The smallest absolute Gasteiger partial charge is 0.133 e. The average molecular weight is 246 g/mol. The molecule has 2 nitrogen and oxygen atoms in total. The lowest BCUT2D eigenvalue weighted by molar-refractivity contribution is -0.119. The Morgan fingerprint density at radius 1 is 1.17 bits per heavy atom. The minimum absolute atomic E-state index is 0.100. The molecule has 1 aromatic rings. The van der Waals surface area contributed by atoms with Gasteiger partial charge in [0.05, 0.1) is 5.76 Å². The Hall–Kier alpha value is -1.57. The molecular weight excluding hydrogens is 224 g/mol. The largest absolute Gasteiger partial charge is 0.513 e. The van der Waals surface area contributed by atoms with E-state index in [0.29, 0.717) is 19.3 Å². The summed E-state index contributed by atoms with van der Waals surface area (Å²) in [6.07, 6.45) is 4.42. The van der Waals surface area contributed by atoms with E-state index in [1.807, 2.05) is 6.07 Å². The van der Waals surface area contributed by atoms with Gasteiger partial charge in [0.2, 0.25) is 0 Å². The van der Waals surface area contributed by atoms with Gasteiger partial charge in [-0.1, -0.05) is 30.8 Å². The summed E-state index contributed by atoms with van der Waals surface area (Å²) >= 11 is 0. The molecule has 0 fully saturated rings. The molecule has 0 bridgehead atoms. The molecule has 0 radical (unpaired) electrons. The highest BCUT2D eigenvalue weighted by atomic mass is 16.3. The van der Waals surface area contributed by atoms with Crippen molar-refractivity contribution in [2.45, 2.75) is 45.4 Å². The standard InChI is InChI=1S/C16H22O2/c1-13-7-3-4-8-15(13)9-5-6-10-16(18)12-11-14(2)17/h3-4,7-8,17H,2,5-6,9-12H2,1H3. The molecule has 0 saturated heterocycles. The predicted octanol–water partition coefficient (Wildman–Crippen LogP) is 4.13. The zero-order valence-corrected chi connectivity index (χ0v) is 11.1. The Balaban J connectivity index is 2.17. The van der Waals surface area contributed by atoms with Crippen molar-refractivity contribution in [3.8, 4) is 0 Å². The van der Waals surface area contributed by atoms with E-state index in [-0.39, 0.29) is 11.5 Å². The minimum Gasteiger partial charge on any atom is -0.513 e. The summed E-state index contributed by atoms with van der Waals surface area (Å²) in [6, 6.07) is 8.37. The number of hydrogen-bond donors (Lipinski definition) is 1. The number of carbonyl (C=O) groups is 1. The average Bonchev–Trinajstić information content (AvgIpc) is 2.34. The number of allylic oxidation sites excluding steroid dienone is 1. The number of rotatable bonds is 8. The van der Waals surface area contributed by atoms with Crippen LogP contribution < -0.4 is 0 Å². The van der Waals surface area contributed by atoms with E-state index in [4.69, 9.17) is 5.11 Å². The van der Waals surface area contributed by atoms with Crippen molar-refractivity contribution in [2.24, 2.45) is 0 Å². The van der Waals surface area contributed by atoms with E-state index in [1.54, 1.807) is 0 Å². The molecule has 2 heteroatoms. The summed E-state index contributed by atoms with van der Waals surface area (Å²) in [5, 5.41) is 8.91. The van der Waals surface area contributed by atoms with Crippen LogP contribution in [0.3, 0.4) is 0 Å². The summed E-state index contributed by atoms with van der Waals surface area (Å²) in [5.41, 5.74) is 2.69. The molecule has 1 N–H and O–H groups in total. The maximum absolute atomic E-state index is 11.5. The number of Topliss-reactive ketones (excluding diaryl/α,β-unsaturated/α-hetero) is 1. The van der Waals surface area contributed by atoms with Crippen LogP contribution in [-0.2, 0) is 11.2 Å². The van der Waals surface area contributed by atoms with Crippen LogP contribution in [0, 0.1) is 6.92 Å². The van der Waals surface area contributed by atoms with Gasteiger partial charge in [0, 0.05) is 19.3 Å². The number of carbonyl (C=O) groups excluding carboxylic acids is 1. The van der Waals surface area contributed by atoms with E-state index in [1.165, 1.54) is 11.1 Å². The maximum atomic E-state index is 11.5. The van der Waals surface area contributed by atoms with Gasteiger partial charge < -0.3 is 5.11 Å². The summed E-state index contributed by atoms with van der Waals surface area (Å²) in [7, 11) is 0. The van der Waals surface area contributed by atoms with Gasteiger partial charge in [0.25, 0.3) is 0 Å². The lowest BCUT2D eigenvalue weighted by atomic mass is 10.0. The van der Waals surface area contributed by atoms with Crippen LogP contribution in [0.4, 0.5) is 0 Å². The molecule has 1 rings (SSSR count). The number of aliphatic hydroxyl groups is 1. The normalized spacial score (nSPS) is 10.3. The summed E-state index contributed by atoms with van der Waals surface area (Å²) in [5.74, 6) is 0.318. The molecule has 0 unspecified atom stereocenters. The van der Waals surface area contributed by atoms with E-state index < -0.39 is 0 Å². The fraction of sp³-hybridized carbons (Fsp3) is 0.438. The summed E-state index contributed by atoms with van der Waals surface area (Å²) < 4.78 is 0. The molecule has 18 heavy (non-hydrogen) atoms. The number of hydrogen-bond acceptors (Lipinski definition) is 2. The molecule has 0 aliphatic rings. The monoisotopic (exact) mass is 246 g/mol. The van der Waals surface area contributed by atoms with Gasteiger partial charge in [-0.2, -0.15) is 0 Å². The van der Waals surface area contributed by atoms with E-state index in [0.717, 1.165) is 19.3 Å². The highest BCUT2D eigenvalue weighted by Gasteiger charge is 2.03. The van der Waals surface area contributed by atoms with Gasteiger partial charge in [0.1, 0.15) is 5.78 Å². The Morgan fingerprint density at radius 2 is 1.89 bits per heavy atom. The fourth-order valence-electron chi connectivity index (χ4n) is 1.94. The first-order valence-corrected chi connectivity index (χ1v) is 6.52. The van der Waals surface area contributed by atoms with Gasteiger partial charge in [-0.3, -0.25) is 4.79 Å². The van der Waals surface area contributed by atoms with E-state index >= 15 is 0 Å². The molecule has 0 atom stereocenters. The number of aliphatic hydroxyl groups excluding tert-OH is 1. The van der Waals surface area contributed by atoms with Crippen LogP contribution in [0.1, 0.15) is 43.2 Å². The molecule has 1 aromatic carbocycles. The lowest BCUT2D eigenvalue weighted by Crippen LogP contribution is -1.99. The molecule has 0 aliphatic heterocycles. The van der Waals surface area contributed by atoms with Crippen molar-refractivity contribution in [1.82, 2.24) is 0 Å². The molecular formula is C16H22O2. The second kappa shape index (κ2) is 7.70. The van der Waals surface area contributed by atoms with Gasteiger partial charge in [0.15, 0.2) is 0 Å². The number of aryl methyl sites for hydroxylation is 2. The maximum Gasteiger partial charge on any atom is 0.133 e. The lowest BCUT2D eigenvalue weighted by Gasteiger charge is -2.05. The molecule has 0 aromatic heterocycles. The Kier molecular flexibility index (Phi) is 6.20. The van der Waals surface area contributed by atoms with Crippen molar-refractivity contribution >= 4 is 5.78 Å². The summed E-state index contributed by atoms with van der Waals surface area (Å²) in [6.45, 7) is 5.49. The first-order chi connectivity index (χ1) is 8.59. The van der Waals surface area contributed by atoms with Crippen molar-refractivity contribution in [2.75, 3.05) is 0 Å². The molecule has 0 saturated carbocycles. The number of unbranched alkanes of at least 4 members (excludes halogenated alkanes) is 1. The van der Waals surface area contributed by atoms with Crippen LogP contribution >= 0.6 is 0 Å². The topological polar surface area (TPSA) is 37.3 Å². The third kappa shape index (κ3) is 5.67. The second-order valence-corrected chi connectivity index (χ2v) is 4.74. The molecule has 0 aliphatic carbocycles.